The molecule has 1 saturated heterocycles. The normalized spacial score (nSPS) is 19.8. The number of likely N-dealkylation sites (tertiary alicyclic amines) is 1. The van der Waals surface area contributed by atoms with E-state index in [1.807, 2.05) is 18.7 Å². The number of carbonyl (C=O) groups is 1. The van der Waals surface area contributed by atoms with Gasteiger partial charge >= 0.3 is 0 Å². The molecule has 0 bridgehead atoms. The second-order valence-electron chi connectivity index (χ2n) is 5.07. The number of nitrogens with two attached hydrogens (primary N) is 1. The summed E-state index contributed by atoms with van der Waals surface area (Å²) in [6, 6.07) is 4.27. The van der Waals surface area contributed by atoms with Gasteiger partial charge in [0.2, 0.25) is 0 Å². The van der Waals surface area contributed by atoms with E-state index in [1.54, 1.807) is 0 Å². The lowest BCUT2D eigenvalue weighted by molar-refractivity contribution is 0.0789. The van der Waals surface area contributed by atoms with E-state index in [-0.39, 0.29) is 11.9 Å². The fourth-order valence-corrected chi connectivity index (χ4v) is 2.65. The van der Waals surface area contributed by atoms with E-state index in [1.165, 1.54) is 5.56 Å². The minimum atomic E-state index is 0.132. The molecule has 3 nitrogen and oxygen atoms in total. The molecule has 0 aromatic heterocycles. The van der Waals surface area contributed by atoms with E-state index in [0.29, 0.717) is 6.54 Å². The predicted molar refractivity (Wildman–Crippen MR) is 69.1 cm³/mol. The van der Waals surface area contributed by atoms with E-state index < -0.39 is 0 Å². The number of amides is 1. The molecule has 1 heterocycles. The van der Waals surface area contributed by atoms with Crippen LogP contribution in [-0.4, -0.2) is 29.9 Å². The third-order valence-corrected chi connectivity index (χ3v) is 3.40. The number of hydrogen-bond acceptors (Lipinski definition) is 2. The molecule has 0 radical (unpaired) electrons. The Bertz CT molecular complexity index is 431. The van der Waals surface area contributed by atoms with E-state index in [2.05, 4.69) is 19.1 Å². The summed E-state index contributed by atoms with van der Waals surface area (Å²) in [5.41, 5.74) is 10.0. The third-order valence-electron chi connectivity index (χ3n) is 3.40. The molecule has 2 N–H and O–H groups in total. The summed E-state index contributed by atoms with van der Waals surface area (Å²) in [6.07, 6.45) is 0.912. The van der Waals surface area contributed by atoms with Crippen LogP contribution in [0.5, 0.6) is 0 Å². The number of benzene rings is 1. The zero-order valence-electron chi connectivity index (χ0n) is 10.8. The average molecular weight is 232 g/mol. The lowest BCUT2D eigenvalue weighted by Crippen LogP contribution is -2.32. The molecule has 2 rings (SSSR count). The maximum Gasteiger partial charge on any atom is 0.254 e. The summed E-state index contributed by atoms with van der Waals surface area (Å²) < 4.78 is 0. The topological polar surface area (TPSA) is 46.3 Å². The summed E-state index contributed by atoms with van der Waals surface area (Å²) >= 11 is 0. The summed E-state index contributed by atoms with van der Waals surface area (Å²) in [7, 11) is 0. The third kappa shape index (κ3) is 2.34. The van der Waals surface area contributed by atoms with Gasteiger partial charge in [0, 0.05) is 24.7 Å². The molecule has 1 fully saturated rings. The van der Waals surface area contributed by atoms with Crippen LogP contribution in [0.3, 0.4) is 0 Å². The Morgan fingerprint density at radius 2 is 1.88 bits per heavy atom. The molecule has 1 aromatic rings. The summed E-state index contributed by atoms with van der Waals surface area (Å²) in [5.74, 6) is 0.132. The summed E-state index contributed by atoms with van der Waals surface area (Å²) in [4.78, 5) is 14.3. The monoisotopic (exact) mass is 232 g/mol. The van der Waals surface area contributed by atoms with Gasteiger partial charge in [-0.1, -0.05) is 17.7 Å². The molecule has 1 aliphatic rings. The van der Waals surface area contributed by atoms with Gasteiger partial charge < -0.3 is 10.6 Å². The van der Waals surface area contributed by atoms with E-state index in [0.717, 1.165) is 29.7 Å². The van der Waals surface area contributed by atoms with Crippen LogP contribution in [0.25, 0.3) is 0 Å². The van der Waals surface area contributed by atoms with Crippen molar-refractivity contribution in [3.8, 4) is 0 Å². The smallest absolute Gasteiger partial charge is 0.254 e. The maximum atomic E-state index is 12.4. The van der Waals surface area contributed by atoms with Gasteiger partial charge in [-0.2, -0.15) is 0 Å². The highest BCUT2D eigenvalue weighted by Crippen LogP contribution is 2.20. The quantitative estimate of drug-likeness (QED) is 0.802. The Balaban J connectivity index is 2.31. The maximum absolute atomic E-state index is 12.4. The van der Waals surface area contributed by atoms with Crippen molar-refractivity contribution < 1.29 is 4.79 Å². The van der Waals surface area contributed by atoms with Crippen LogP contribution in [0, 0.1) is 20.8 Å². The van der Waals surface area contributed by atoms with Crippen LogP contribution >= 0.6 is 0 Å². The first kappa shape index (κ1) is 12.1. The molecule has 0 unspecified atom stereocenters. The molecule has 92 valence electrons. The van der Waals surface area contributed by atoms with Crippen molar-refractivity contribution in [1.29, 1.82) is 0 Å². The average Bonchev–Trinajstić information content (AvgIpc) is 2.63. The molecule has 0 spiro atoms. The fraction of sp³-hybridized carbons (Fsp3) is 0.500. The molecule has 1 aliphatic heterocycles. The van der Waals surface area contributed by atoms with Crippen molar-refractivity contribution in [2.75, 3.05) is 13.1 Å². The molecule has 3 heteroatoms. The van der Waals surface area contributed by atoms with Crippen molar-refractivity contribution in [2.45, 2.75) is 33.2 Å². The van der Waals surface area contributed by atoms with E-state index in [9.17, 15) is 4.79 Å². The SMILES string of the molecule is Cc1cc(C)c(C(=O)N2CC[C@H](N)C2)c(C)c1. The van der Waals surface area contributed by atoms with Gasteiger partial charge in [-0.3, -0.25) is 4.79 Å². The fourth-order valence-electron chi connectivity index (χ4n) is 2.65. The molecular formula is C14H20N2O. The Morgan fingerprint density at radius 3 is 2.35 bits per heavy atom. The summed E-state index contributed by atoms with van der Waals surface area (Å²) in [5, 5.41) is 0. The minimum absolute atomic E-state index is 0.132. The van der Waals surface area contributed by atoms with Gasteiger partial charge in [-0.05, 0) is 38.3 Å². The van der Waals surface area contributed by atoms with Crippen LogP contribution < -0.4 is 5.73 Å². The number of nitrogens with zero attached hydrogens (tertiary/aromatic N) is 1. The van der Waals surface area contributed by atoms with E-state index >= 15 is 0 Å². The first-order chi connectivity index (χ1) is 7.99. The highest BCUT2D eigenvalue weighted by atomic mass is 16.2. The zero-order chi connectivity index (χ0) is 12.6. The molecule has 0 saturated carbocycles. The Labute approximate surface area is 103 Å². The van der Waals surface area contributed by atoms with Gasteiger partial charge in [0.1, 0.15) is 0 Å². The van der Waals surface area contributed by atoms with Crippen molar-refractivity contribution in [2.24, 2.45) is 5.73 Å². The lowest BCUT2D eigenvalue weighted by atomic mass is 9.99. The predicted octanol–water partition coefficient (Wildman–Crippen LogP) is 1.79. The highest BCUT2D eigenvalue weighted by Gasteiger charge is 2.26. The van der Waals surface area contributed by atoms with Gasteiger partial charge in [0.15, 0.2) is 0 Å². The molecular weight excluding hydrogens is 212 g/mol. The number of carbonyl (C=O) groups excluding carboxylic acids is 1. The van der Waals surface area contributed by atoms with Gasteiger partial charge in [-0.25, -0.2) is 0 Å². The van der Waals surface area contributed by atoms with Crippen molar-refractivity contribution in [3.63, 3.8) is 0 Å². The second kappa shape index (κ2) is 4.49. The Kier molecular flexibility index (Phi) is 3.20. The van der Waals surface area contributed by atoms with Gasteiger partial charge in [0.25, 0.3) is 5.91 Å². The number of rotatable bonds is 1. The minimum Gasteiger partial charge on any atom is -0.337 e. The van der Waals surface area contributed by atoms with Crippen LogP contribution in [0.4, 0.5) is 0 Å². The molecule has 1 atom stereocenters. The zero-order valence-corrected chi connectivity index (χ0v) is 10.8. The van der Waals surface area contributed by atoms with Crippen LogP contribution in [0.2, 0.25) is 0 Å². The van der Waals surface area contributed by atoms with Crippen LogP contribution in [0.1, 0.15) is 33.5 Å². The summed E-state index contributed by atoms with van der Waals surface area (Å²) in [6.45, 7) is 7.53. The molecule has 0 aliphatic carbocycles. The first-order valence-corrected chi connectivity index (χ1v) is 6.11. The van der Waals surface area contributed by atoms with Crippen molar-refractivity contribution in [1.82, 2.24) is 4.90 Å². The number of hydrogen-bond donors (Lipinski definition) is 1. The molecule has 17 heavy (non-hydrogen) atoms. The van der Waals surface area contributed by atoms with E-state index in [4.69, 9.17) is 5.73 Å². The van der Waals surface area contributed by atoms with Crippen LogP contribution in [-0.2, 0) is 0 Å². The van der Waals surface area contributed by atoms with Crippen molar-refractivity contribution >= 4 is 5.91 Å². The Morgan fingerprint density at radius 1 is 1.29 bits per heavy atom. The standard InChI is InChI=1S/C14H20N2O/c1-9-6-10(2)13(11(3)7-9)14(17)16-5-4-12(15)8-16/h6-7,12H,4-5,8,15H2,1-3H3/t12-/m0/s1. The number of aryl methyl sites for hydroxylation is 3. The molecule has 1 amide bonds. The first-order valence-electron chi connectivity index (χ1n) is 6.11. The highest BCUT2D eigenvalue weighted by molar-refractivity contribution is 5.97. The second-order valence-corrected chi connectivity index (χ2v) is 5.07. The lowest BCUT2D eigenvalue weighted by Gasteiger charge is -2.19. The molecule has 1 aromatic carbocycles. The van der Waals surface area contributed by atoms with Crippen molar-refractivity contribution in [3.05, 3.63) is 34.4 Å². The largest absolute Gasteiger partial charge is 0.337 e. The Hall–Kier alpha value is -1.35. The van der Waals surface area contributed by atoms with Gasteiger partial charge in [-0.15, -0.1) is 0 Å². The van der Waals surface area contributed by atoms with Crippen LogP contribution in [0.15, 0.2) is 12.1 Å². The van der Waals surface area contributed by atoms with Gasteiger partial charge in [0.05, 0.1) is 0 Å².